The SMILES string of the molecule is CCNCc1cccc(F)c1Sc1n[nH]c(=O)n1C1CC1. The van der Waals surface area contributed by atoms with Gasteiger partial charge in [0.1, 0.15) is 5.82 Å². The van der Waals surface area contributed by atoms with Crippen molar-refractivity contribution in [3.63, 3.8) is 0 Å². The molecule has 0 amide bonds. The maximum Gasteiger partial charge on any atom is 0.344 e. The number of nitrogens with zero attached hydrogens (tertiary/aromatic N) is 2. The molecule has 0 radical (unpaired) electrons. The second kappa shape index (κ2) is 6.03. The van der Waals surface area contributed by atoms with Crippen LogP contribution in [0.5, 0.6) is 0 Å². The third-order valence-electron chi connectivity index (χ3n) is 3.39. The molecule has 3 rings (SSSR count). The van der Waals surface area contributed by atoms with Gasteiger partial charge >= 0.3 is 5.69 Å². The van der Waals surface area contributed by atoms with Gasteiger partial charge in [-0.1, -0.05) is 19.1 Å². The zero-order valence-electron chi connectivity index (χ0n) is 11.7. The van der Waals surface area contributed by atoms with Crippen LogP contribution in [0, 0.1) is 5.82 Å². The largest absolute Gasteiger partial charge is 0.344 e. The molecule has 21 heavy (non-hydrogen) atoms. The molecule has 1 heterocycles. The number of rotatable bonds is 6. The minimum atomic E-state index is -0.284. The topological polar surface area (TPSA) is 62.7 Å². The molecule has 7 heteroatoms. The van der Waals surface area contributed by atoms with Gasteiger partial charge in [-0.3, -0.25) is 4.57 Å². The number of hydrogen-bond acceptors (Lipinski definition) is 4. The Hall–Kier alpha value is -1.60. The van der Waals surface area contributed by atoms with Crippen LogP contribution in [0.25, 0.3) is 0 Å². The molecule has 1 saturated carbocycles. The Kier molecular flexibility index (Phi) is 4.12. The van der Waals surface area contributed by atoms with E-state index < -0.39 is 0 Å². The number of hydrogen-bond donors (Lipinski definition) is 2. The summed E-state index contributed by atoms with van der Waals surface area (Å²) in [5, 5.41) is 10.2. The quantitative estimate of drug-likeness (QED) is 0.859. The zero-order valence-corrected chi connectivity index (χ0v) is 12.5. The lowest BCUT2D eigenvalue weighted by atomic mass is 10.2. The van der Waals surface area contributed by atoms with Crippen LogP contribution in [-0.4, -0.2) is 21.3 Å². The van der Waals surface area contributed by atoms with Crippen LogP contribution in [0.2, 0.25) is 0 Å². The summed E-state index contributed by atoms with van der Waals surface area (Å²) in [6, 6.07) is 5.23. The van der Waals surface area contributed by atoms with Gasteiger partial charge in [0.25, 0.3) is 0 Å². The molecule has 0 spiro atoms. The minimum absolute atomic E-state index is 0.211. The maximum atomic E-state index is 14.1. The molecule has 112 valence electrons. The van der Waals surface area contributed by atoms with Gasteiger partial charge in [0.15, 0.2) is 5.16 Å². The van der Waals surface area contributed by atoms with E-state index in [1.54, 1.807) is 10.6 Å². The van der Waals surface area contributed by atoms with E-state index in [4.69, 9.17) is 0 Å². The third-order valence-corrected chi connectivity index (χ3v) is 4.52. The van der Waals surface area contributed by atoms with Crippen molar-refractivity contribution in [2.45, 2.75) is 42.4 Å². The molecule has 1 fully saturated rings. The van der Waals surface area contributed by atoms with Crippen LogP contribution in [0.1, 0.15) is 31.4 Å². The summed E-state index contributed by atoms with van der Waals surface area (Å²) >= 11 is 1.21. The molecule has 1 aliphatic rings. The first-order valence-corrected chi connectivity index (χ1v) is 7.85. The van der Waals surface area contributed by atoms with Crippen LogP contribution >= 0.6 is 11.8 Å². The van der Waals surface area contributed by atoms with Crippen molar-refractivity contribution >= 4 is 11.8 Å². The molecule has 0 bridgehead atoms. The highest BCUT2D eigenvalue weighted by Crippen LogP contribution is 2.38. The average Bonchev–Trinajstić information content (AvgIpc) is 3.24. The highest BCUT2D eigenvalue weighted by Gasteiger charge is 2.29. The molecular formula is C14H17FN4OS. The van der Waals surface area contributed by atoms with E-state index >= 15 is 0 Å². The van der Waals surface area contributed by atoms with Gasteiger partial charge in [-0.2, -0.15) is 0 Å². The Morgan fingerprint density at radius 2 is 2.33 bits per heavy atom. The summed E-state index contributed by atoms with van der Waals surface area (Å²) in [4.78, 5) is 12.3. The van der Waals surface area contributed by atoms with Gasteiger partial charge in [0.05, 0.1) is 4.90 Å². The molecule has 1 aromatic heterocycles. The second-order valence-corrected chi connectivity index (χ2v) is 6.00. The molecule has 2 aromatic rings. The van der Waals surface area contributed by atoms with Crippen molar-refractivity contribution in [3.8, 4) is 0 Å². The third kappa shape index (κ3) is 3.03. The molecular weight excluding hydrogens is 291 g/mol. The Morgan fingerprint density at radius 1 is 1.52 bits per heavy atom. The highest BCUT2D eigenvalue weighted by molar-refractivity contribution is 7.99. The summed E-state index contributed by atoms with van der Waals surface area (Å²) in [6.45, 7) is 3.41. The van der Waals surface area contributed by atoms with Gasteiger partial charge in [0.2, 0.25) is 0 Å². The first-order valence-electron chi connectivity index (χ1n) is 7.03. The fourth-order valence-electron chi connectivity index (χ4n) is 2.17. The summed E-state index contributed by atoms with van der Waals surface area (Å²) in [5.41, 5.74) is 0.657. The molecule has 2 N–H and O–H groups in total. The standard InChI is InChI=1S/C14H17FN4OS/c1-2-16-8-9-4-3-5-11(15)12(9)21-14-18-17-13(20)19(14)10-6-7-10/h3-5,10,16H,2,6-8H2,1H3,(H,17,20). The van der Waals surface area contributed by atoms with Gasteiger partial charge in [-0.25, -0.2) is 14.3 Å². The van der Waals surface area contributed by atoms with E-state index in [9.17, 15) is 9.18 Å². The number of nitrogens with one attached hydrogen (secondary N) is 2. The Balaban J connectivity index is 1.92. The predicted octanol–water partition coefficient (Wildman–Crippen LogP) is 2.31. The molecule has 0 unspecified atom stereocenters. The van der Waals surface area contributed by atoms with Crippen molar-refractivity contribution in [1.82, 2.24) is 20.1 Å². The normalized spacial score (nSPS) is 14.6. The smallest absolute Gasteiger partial charge is 0.313 e. The molecule has 0 saturated heterocycles. The Bertz CT molecular complexity index is 693. The Labute approximate surface area is 125 Å². The van der Waals surface area contributed by atoms with Crippen LogP contribution < -0.4 is 11.0 Å². The number of benzene rings is 1. The lowest BCUT2D eigenvalue weighted by Gasteiger charge is -2.10. The monoisotopic (exact) mass is 308 g/mol. The van der Waals surface area contributed by atoms with Gasteiger partial charge < -0.3 is 5.32 Å². The summed E-state index contributed by atoms with van der Waals surface area (Å²) in [6.07, 6.45) is 1.96. The van der Waals surface area contributed by atoms with E-state index in [0.29, 0.717) is 16.6 Å². The van der Waals surface area contributed by atoms with Crippen molar-refractivity contribution in [2.75, 3.05) is 6.54 Å². The molecule has 5 nitrogen and oxygen atoms in total. The van der Waals surface area contributed by atoms with E-state index in [2.05, 4.69) is 15.5 Å². The minimum Gasteiger partial charge on any atom is -0.313 e. The number of aromatic amines is 1. The second-order valence-electron chi connectivity index (χ2n) is 5.02. The van der Waals surface area contributed by atoms with Crippen LogP contribution in [-0.2, 0) is 6.54 Å². The van der Waals surface area contributed by atoms with Gasteiger partial charge in [-0.05, 0) is 42.8 Å². The van der Waals surface area contributed by atoms with Crippen molar-refractivity contribution in [2.24, 2.45) is 0 Å². The van der Waals surface area contributed by atoms with Crippen LogP contribution in [0.4, 0.5) is 4.39 Å². The number of H-pyrrole nitrogens is 1. The lowest BCUT2D eigenvalue weighted by molar-refractivity contribution is 0.589. The summed E-state index contributed by atoms with van der Waals surface area (Å²) < 4.78 is 15.8. The maximum absolute atomic E-state index is 14.1. The van der Waals surface area contributed by atoms with E-state index in [1.807, 2.05) is 13.0 Å². The number of aromatic nitrogens is 3. The fraction of sp³-hybridized carbons (Fsp3) is 0.429. The average molecular weight is 308 g/mol. The summed E-state index contributed by atoms with van der Waals surface area (Å²) in [5.74, 6) is -0.284. The molecule has 1 aliphatic carbocycles. The van der Waals surface area contributed by atoms with Crippen molar-refractivity contribution in [1.29, 1.82) is 0 Å². The number of halogens is 1. The Morgan fingerprint density at radius 3 is 3.05 bits per heavy atom. The van der Waals surface area contributed by atoms with Gasteiger partial charge in [0, 0.05) is 12.6 Å². The molecule has 0 aliphatic heterocycles. The highest BCUT2D eigenvalue weighted by atomic mass is 32.2. The molecule has 1 aromatic carbocycles. The van der Waals surface area contributed by atoms with E-state index in [0.717, 1.165) is 24.9 Å². The summed E-state index contributed by atoms with van der Waals surface area (Å²) in [7, 11) is 0. The van der Waals surface area contributed by atoms with E-state index in [-0.39, 0.29) is 17.5 Å². The molecule has 0 atom stereocenters. The zero-order chi connectivity index (χ0) is 14.8. The van der Waals surface area contributed by atoms with Crippen molar-refractivity contribution < 1.29 is 4.39 Å². The first kappa shape index (κ1) is 14.3. The fourth-order valence-corrected chi connectivity index (χ4v) is 3.22. The van der Waals surface area contributed by atoms with E-state index in [1.165, 1.54) is 17.8 Å². The first-order chi connectivity index (χ1) is 10.2. The lowest BCUT2D eigenvalue weighted by Crippen LogP contribution is -2.16. The van der Waals surface area contributed by atoms with Crippen LogP contribution in [0.3, 0.4) is 0 Å². The van der Waals surface area contributed by atoms with Crippen molar-refractivity contribution in [3.05, 3.63) is 40.1 Å². The van der Waals surface area contributed by atoms with Gasteiger partial charge in [-0.15, -0.1) is 5.10 Å². The predicted molar refractivity (Wildman–Crippen MR) is 79.0 cm³/mol. The van der Waals surface area contributed by atoms with Crippen LogP contribution in [0.15, 0.2) is 33.0 Å².